The fourth-order valence-electron chi connectivity index (χ4n) is 1.82. The zero-order valence-electron chi connectivity index (χ0n) is 9.30. The largest absolute Gasteiger partial charge is 0.331 e. The Morgan fingerprint density at radius 1 is 1.47 bits per heavy atom. The van der Waals surface area contributed by atoms with Crippen LogP contribution in [0.4, 0.5) is 4.79 Å². The van der Waals surface area contributed by atoms with Crippen LogP contribution in [0.3, 0.4) is 0 Å². The smallest absolute Gasteiger partial charge is 0.277 e. The van der Waals surface area contributed by atoms with Crippen molar-refractivity contribution >= 4 is 29.2 Å². The van der Waals surface area contributed by atoms with Crippen molar-refractivity contribution in [1.29, 1.82) is 0 Å². The van der Waals surface area contributed by atoms with Crippen molar-refractivity contribution in [2.24, 2.45) is 0 Å². The van der Waals surface area contributed by atoms with E-state index in [1.165, 1.54) is 0 Å². The molecule has 1 aliphatic heterocycles. The first-order valence-electron chi connectivity index (χ1n) is 5.26. The van der Waals surface area contributed by atoms with Gasteiger partial charge in [-0.15, -0.1) is 11.3 Å². The van der Waals surface area contributed by atoms with Gasteiger partial charge >= 0.3 is 6.03 Å². The Morgan fingerprint density at radius 2 is 2.24 bits per heavy atom. The first-order chi connectivity index (χ1) is 8.08. The van der Waals surface area contributed by atoms with Crippen LogP contribution >= 0.6 is 11.3 Å². The van der Waals surface area contributed by atoms with Gasteiger partial charge in [-0.2, -0.15) is 0 Å². The van der Waals surface area contributed by atoms with E-state index < -0.39 is 17.8 Å². The molecule has 0 aliphatic carbocycles. The summed E-state index contributed by atoms with van der Waals surface area (Å²) in [5.41, 5.74) is 0. The Kier molecular flexibility index (Phi) is 3.23. The molecular weight excluding hydrogens is 240 g/mol. The van der Waals surface area contributed by atoms with Gasteiger partial charge in [0.05, 0.1) is 0 Å². The van der Waals surface area contributed by atoms with E-state index in [2.05, 4.69) is 5.32 Å². The molecule has 0 radical (unpaired) electrons. The van der Waals surface area contributed by atoms with Gasteiger partial charge in [0, 0.05) is 17.3 Å². The molecule has 1 unspecified atom stereocenters. The second-order valence-electron chi connectivity index (χ2n) is 3.93. The number of hydrogen-bond donors (Lipinski definition) is 1. The van der Waals surface area contributed by atoms with Crippen LogP contribution < -0.4 is 5.32 Å². The van der Waals surface area contributed by atoms with E-state index in [-0.39, 0.29) is 12.5 Å². The minimum atomic E-state index is -0.615. The third kappa shape index (κ3) is 2.52. The van der Waals surface area contributed by atoms with E-state index in [1.54, 1.807) is 18.3 Å². The molecule has 6 heteroatoms. The summed E-state index contributed by atoms with van der Waals surface area (Å²) in [5.74, 6) is -0.956. The summed E-state index contributed by atoms with van der Waals surface area (Å²) in [5, 5.41) is 4.10. The van der Waals surface area contributed by atoms with Crippen molar-refractivity contribution in [3.63, 3.8) is 0 Å². The topological polar surface area (TPSA) is 66.5 Å². The number of nitrogens with zero attached hydrogens (tertiary/aromatic N) is 1. The van der Waals surface area contributed by atoms with E-state index >= 15 is 0 Å². The van der Waals surface area contributed by atoms with Crippen LogP contribution in [-0.2, 0) is 16.0 Å². The number of hydrogen-bond acceptors (Lipinski definition) is 4. The van der Waals surface area contributed by atoms with Crippen LogP contribution in [-0.4, -0.2) is 28.8 Å². The Bertz CT molecular complexity index is 435. The molecule has 0 spiro atoms. The maximum Gasteiger partial charge on any atom is 0.331 e. The first-order valence-corrected chi connectivity index (χ1v) is 6.14. The number of carbonyl (C=O) groups excluding carboxylic acids is 3. The highest BCUT2D eigenvalue weighted by Crippen LogP contribution is 2.16. The van der Waals surface area contributed by atoms with Crippen LogP contribution in [0, 0.1) is 0 Å². The summed E-state index contributed by atoms with van der Waals surface area (Å²) in [6.07, 6.45) is 0.367. The molecule has 2 heterocycles. The lowest BCUT2D eigenvalue weighted by atomic mass is 10.1. The number of barbiturate groups is 1. The standard InChI is InChI=1S/C11H12N2O3S/c1-7(5-8-3-2-4-17-8)13-10(15)6-9(14)12-11(13)16/h2-4,7H,5-6H2,1H3,(H,12,14,16). The van der Waals surface area contributed by atoms with Crippen molar-refractivity contribution in [3.05, 3.63) is 22.4 Å². The van der Waals surface area contributed by atoms with Crippen LogP contribution in [0.25, 0.3) is 0 Å². The summed E-state index contributed by atoms with van der Waals surface area (Å²) in [6.45, 7) is 1.80. The van der Waals surface area contributed by atoms with E-state index in [0.29, 0.717) is 6.42 Å². The van der Waals surface area contributed by atoms with Crippen molar-refractivity contribution < 1.29 is 14.4 Å². The van der Waals surface area contributed by atoms with Gasteiger partial charge in [-0.05, 0) is 18.4 Å². The van der Waals surface area contributed by atoms with E-state index in [1.807, 2.05) is 17.5 Å². The van der Waals surface area contributed by atoms with Gasteiger partial charge in [-0.3, -0.25) is 19.8 Å². The molecule has 0 saturated carbocycles. The summed E-state index contributed by atoms with van der Waals surface area (Å²) >= 11 is 1.58. The zero-order chi connectivity index (χ0) is 12.4. The molecule has 4 amide bonds. The molecule has 5 nitrogen and oxygen atoms in total. The van der Waals surface area contributed by atoms with Crippen molar-refractivity contribution in [3.8, 4) is 0 Å². The van der Waals surface area contributed by atoms with Gasteiger partial charge in [0.25, 0.3) is 0 Å². The summed E-state index contributed by atoms with van der Waals surface area (Å²) in [6, 6.07) is 3.03. The first kappa shape index (κ1) is 11.8. The average Bonchev–Trinajstić information content (AvgIpc) is 2.68. The molecule has 1 N–H and O–H groups in total. The minimum Gasteiger partial charge on any atom is -0.277 e. The van der Waals surface area contributed by atoms with E-state index in [4.69, 9.17) is 0 Å². The van der Waals surface area contributed by atoms with Gasteiger partial charge in [0.15, 0.2) is 0 Å². The molecule has 0 bridgehead atoms. The Morgan fingerprint density at radius 3 is 2.82 bits per heavy atom. The normalized spacial score (nSPS) is 18.2. The van der Waals surface area contributed by atoms with Gasteiger partial charge in [-0.1, -0.05) is 6.07 Å². The average molecular weight is 252 g/mol. The number of rotatable bonds is 3. The molecule has 1 aromatic rings. The van der Waals surface area contributed by atoms with Gasteiger partial charge in [0.1, 0.15) is 6.42 Å². The molecule has 1 saturated heterocycles. The Hall–Kier alpha value is -1.69. The predicted octanol–water partition coefficient (Wildman–Crippen LogP) is 1.15. The molecule has 1 aromatic heterocycles. The lowest BCUT2D eigenvalue weighted by molar-refractivity contribution is -0.137. The van der Waals surface area contributed by atoms with Gasteiger partial charge < -0.3 is 0 Å². The maximum absolute atomic E-state index is 11.6. The number of imide groups is 2. The van der Waals surface area contributed by atoms with E-state index in [0.717, 1.165) is 9.78 Å². The number of carbonyl (C=O) groups is 3. The van der Waals surface area contributed by atoms with Crippen molar-refractivity contribution in [2.45, 2.75) is 25.8 Å². The Labute approximate surface area is 102 Å². The van der Waals surface area contributed by atoms with Gasteiger partial charge in [-0.25, -0.2) is 4.79 Å². The van der Waals surface area contributed by atoms with Gasteiger partial charge in [0.2, 0.25) is 11.8 Å². The number of amides is 4. The highest BCUT2D eigenvalue weighted by molar-refractivity contribution is 7.09. The lowest BCUT2D eigenvalue weighted by Crippen LogP contribution is -2.56. The zero-order valence-corrected chi connectivity index (χ0v) is 10.1. The minimum absolute atomic E-state index is 0.241. The monoisotopic (exact) mass is 252 g/mol. The second-order valence-corrected chi connectivity index (χ2v) is 4.96. The van der Waals surface area contributed by atoms with Crippen LogP contribution in [0.5, 0.6) is 0 Å². The van der Waals surface area contributed by atoms with Crippen LogP contribution in [0.2, 0.25) is 0 Å². The molecule has 90 valence electrons. The van der Waals surface area contributed by atoms with E-state index in [9.17, 15) is 14.4 Å². The summed E-state index contributed by atoms with van der Waals surface area (Å²) in [4.78, 5) is 36.4. The van der Waals surface area contributed by atoms with Crippen LogP contribution in [0.1, 0.15) is 18.2 Å². The molecule has 1 atom stereocenters. The summed E-state index contributed by atoms with van der Waals surface area (Å²) in [7, 11) is 0. The second kappa shape index (κ2) is 4.67. The van der Waals surface area contributed by atoms with Crippen LogP contribution in [0.15, 0.2) is 17.5 Å². The molecular formula is C11H12N2O3S. The Balaban J connectivity index is 2.08. The molecule has 2 rings (SSSR count). The highest BCUT2D eigenvalue weighted by atomic mass is 32.1. The number of nitrogens with one attached hydrogen (secondary N) is 1. The molecule has 1 aliphatic rings. The quantitative estimate of drug-likeness (QED) is 0.820. The summed E-state index contributed by atoms with van der Waals surface area (Å²) < 4.78 is 0. The fourth-order valence-corrected chi connectivity index (χ4v) is 2.64. The third-order valence-electron chi connectivity index (χ3n) is 2.56. The van der Waals surface area contributed by atoms with Crippen molar-refractivity contribution in [1.82, 2.24) is 10.2 Å². The highest BCUT2D eigenvalue weighted by Gasteiger charge is 2.34. The number of urea groups is 1. The lowest BCUT2D eigenvalue weighted by Gasteiger charge is -2.29. The maximum atomic E-state index is 11.6. The fraction of sp³-hybridized carbons (Fsp3) is 0.364. The number of thiophene rings is 1. The van der Waals surface area contributed by atoms with Crippen molar-refractivity contribution in [2.75, 3.05) is 0 Å². The predicted molar refractivity (Wildman–Crippen MR) is 62.5 cm³/mol. The molecule has 17 heavy (non-hydrogen) atoms. The molecule has 1 fully saturated rings. The SMILES string of the molecule is CC(Cc1cccs1)N1C(=O)CC(=O)NC1=O. The third-order valence-corrected chi connectivity index (χ3v) is 3.46. The molecule has 0 aromatic carbocycles.